The molecule has 2 heterocycles. The number of amides is 1. The maximum absolute atomic E-state index is 12.5. The molecule has 4 rings (SSSR count). The Morgan fingerprint density at radius 3 is 2.83 bits per heavy atom. The van der Waals surface area contributed by atoms with E-state index in [1.54, 1.807) is 6.07 Å². The fraction of sp³-hybridized carbons (Fsp3) is 0.200. The van der Waals surface area contributed by atoms with Crippen LogP contribution in [0.5, 0.6) is 0 Å². The number of hydrogen-bond acceptors (Lipinski definition) is 6. The number of benzene rings is 2. The van der Waals surface area contributed by atoms with Crippen molar-refractivity contribution in [3.05, 3.63) is 84.8 Å². The minimum absolute atomic E-state index is 0.146. The molecule has 148 valence electrons. The normalized spacial score (nSPS) is 13.7. The molecule has 29 heavy (non-hydrogen) atoms. The van der Waals surface area contributed by atoms with E-state index in [-0.39, 0.29) is 11.3 Å². The second-order valence-electron chi connectivity index (χ2n) is 6.71. The van der Waals surface area contributed by atoms with Crippen LogP contribution in [0.1, 0.15) is 26.5 Å². The number of nitro groups is 1. The predicted octanol–water partition coefficient (Wildman–Crippen LogP) is 4.62. The number of anilines is 1. The number of rotatable bonds is 5. The lowest BCUT2D eigenvalue weighted by atomic mass is 10.1. The van der Waals surface area contributed by atoms with Crippen molar-refractivity contribution in [1.29, 1.82) is 0 Å². The van der Waals surface area contributed by atoms with E-state index in [4.69, 9.17) is 0 Å². The van der Waals surface area contributed by atoms with Gasteiger partial charge in [-0.3, -0.25) is 25.1 Å². The number of thiazole rings is 1. The molecule has 7 nitrogen and oxygen atoms in total. The molecule has 0 aliphatic carbocycles. The highest BCUT2D eigenvalue weighted by molar-refractivity contribution is 9.10. The fourth-order valence-electron chi connectivity index (χ4n) is 3.24. The lowest BCUT2D eigenvalue weighted by molar-refractivity contribution is -0.385. The Balaban J connectivity index is 1.45. The van der Waals surface area contributed by atoms with Gasteiger partial charge in [-0.05, 0) is 33.6 Å². The van der Waals surface area contributed by atoms with E-state index in [9.17, 15) is 14.9 Å². The van der Waals surface area contributed by atoms with Gasteiger partial charge in [0.15, 0.2) is 5.13 Å². The number of nitrogens with one attached hydrogen (secondary N) is 1. The molecule has 0 bridgehead atoms. The average molecular weight is 473 g/mol. The van der Waals surface area contributed by atoms with Crippen LogP contribution in [-0.2, 0) is 19.5 Å². The van der Waals surface area contributed by atoms with E-state index in [2.05, 4.69) is 43.3 Å². The first-order chi connectivity index (χ1) is 14.0. The lowest BCUT2D eigenvalue weighted by Crippen LogP contribution is -2.29. The Morgan fingerprint density at radius 2 is 2.07 bits per heavy atom. The molecule has 0 spiro atoms. The molecule has 9 heteroatoms. The van der Waals surface area contributed by atoms with Gasteiger partial charge in [-0.15, -0.1) is 11.3 Å². The predicted molar refractivity (Wildman–Crippen MR) is 115 cm³/mol. The third-order valence-electron chi connectivity index (χ3n) is 4.68. The highest BCUT2D eigenvalue weighted by Gasteiger charge is 2.22. The van der Waals surface area contributed by atoms with Gasteiger partial charge >= 0.3 is 0 Å². The molecule has 0 fully saturated rings. The highest BCUT2D eigenvalue weighted by atomic mass is 79.9. The van der Waals surface area contributed by atoms with Gasteiger partial charge in [0, 0.05) is 42.6 Å². The van der Waals surface area contributed by atoms with Crippen LogP contribution < -0.4 is 5.32 Å². The van der Waals surface area contributed by atoms with Crippen molar-refractivity contribution in [3.8, 4) is 0 Å². The van der Waals surface area contributed by atoms with Crippen LogP contribution in [0.25, 0.3) is 0 Å². The number of aromatic nitrogens is 1. The Kier molecular flexibility index (Phi) is 5.70. The summed E-state index contributed by atoms with van der Waals surface area (Å²) in [4.78, 5) is 31.1. The number of hydrogen-bond donors (Lipinski definition) is 1. The zero-order valence-corrected chi connectivity index (χ0v) is 17.7. The summed E-state index contributed by atoms with van der Waals surface area (Å²) < 4.78 is 0.335. The van der Waals surface area contributed by atoms with Crippen LogP contribution in [0.15, 0.2) is 53.0 Å². The van der Waals surface area contributed by atoms with Crippen molar-refractivity contribution in [2.24, 2.45) is 0 Å². The number of nitro benzene ring substituents is 1. The van der Waals surface area contributed by atoms with Crippen molar-refractivity contribution in [1.82, 2.24) is 9.88 Å². The van der Waals surface area contributed by atoms with E-state index in [0.29, 0.717) is 9.60 Å². The molecule has 1 aromatic heterocycles. The van der Waals surface area contributed by atoms with Gasteiger partial charge in [-0.2, -0.15) is 0 Å². The summed E-state index contributed by atoms with van der Waals surface area (Å²) in [5.74, 6) is -0.409. The van der Waals surface area contributed by atoms with Crippen molar-refractivity contribution in [2.45, 2.75) is 19.5 Å². The number of carbonyl (C=O) groups excluding carboxylic acids is 1. The summed E-state index contributed by atoms with van der Waals surface area (Å²) in [5.41, 5.74) is 2.36. The van der Waals surface area contributed by atoms with Gasteiger partial charge in [-0.25, -0.2) is 4.98 Å². The van der Waals surface area contributed by atoms with Gasteiger partial charge in [0.25, 0.3) is 11.6 Å². The van der Waals surface area contributed by atoms with Crippen LogP contribution in [0, 0.1) is 10.1 Å². The summed E-state index contributed by atoms with van der Waals surface area (Å²) in [5, 5.41) is 14.4. The van der Waals surface area contributed by atoms with Crippen molar-refractivity contribution in [3.63, 3.8) is 0 Å². The van der Waals surface area contributed by atoms with Gasteiger partial charge in [0.05, 0.1) is 15.1 Å². The molecule has 1 aliphatic heterocycles. The number of fused-ring (bicyclic) bond motifs is 1. The smallest absolute Gasteiger partial charge is 0.284 e. The number of nitrogens with zero attached hydrogens (tertiary/aromatic N) is 3. The monoisotopic (exact) mass is 472 g/mol. The van der Waals surface area contributed by atoms with Crippen molar-refractivity contribution < 1.29 is 9.72 Å². The van der Waals surface area contributed by atoms with Crippen molar-refractivity contribution in [2.75, 3.05) is 11.9 Å². The minimum atomic E-state index is -0.524. The molecular weight excluding hydrogens is 456 g/mol. The van der Waals surface area contributed by atoms with E-state index >= 15 is 0 Å². The summed E-state index contributed by atoms with van der Waals surface area (Å²) in [7, 11) is 0. The number of halogens is 1. The standard InChI is InChI=1S/C20H17BrN4O3S/c21-15-7-6-14(10-17(15)25(27)28)19(26)23-20-22-16-8-9-24(12-18(16)29-20)11-13-4-2-1-3-5-13/h1-7,10H,8-9,11-12H2,(H,22,23,26). The average Bonchev–Trinajstić information content (AvgIpc) is 3.10. The summed E-state index contributed by atoms with van der Waals surface area (Å²) in [6.07, 6.45) is 0.832. The Morgan fingerprint density at radius 1 is 1.28 bits per heavy atom. The van der Waals surface area contributed by atoms with E-state index in [0.717, 1.165) is 36.6 Å². The quantitative estimate of drug-likeness (QED) is 0.432. The van der Waals surface area contributed by atoms with Crippen LogP contribution in [0.3, 0.4) is 0 Å². The summed E-state index contributed by atoms with van der Waals surface area (Å²) in [6, 6.07) is 14.6. The molecule has 0 radical (unpaired) electrons. The second kappa shape index (κ2) is 8.40. The third-order valence-corrected chi connectivity index (χ3v) is 6.35. The second-order valence-corrected chi connectivity index (χ2v) is 8.65. The van der Waals surface area contributed by atoms with Crippen LogP contribution in [0.2, 0.25) is 0 Å². The summed E-state index contributed by atoms with van der Waals surface area (Å²) >= 11 is 4.58. The fourth-order valence-corrected chi connectivity index (χ4v) is 4.68. The zero-order valence-electron chi connectivity index (χ0n) is 15.3. The molecule has 0 saturated heterocycles. The Labute approximate surface area is 179 Å². The topological polar surface area (TPSA) is 88.4 Å². The van der Waals surface area contributed by atoms with Crippen LogP contribution >= 0.6 is 27.3 Å². The largest absolute Gasteiger partial charge is 0.298 e. The third kappa shape index (κ3) is 4.52. The van der Waals surface area contributed by atoms with Gasteiger partial charge in [0.1, 0.15) is 0 Å². The van der Waals surface area contributed by atoms with Gasteiger partial charge in [0.2, 0.25) is 0 Å². The molecule has 0 atom stereocenters. The maximum Gasteiger partial charge on any atom is 0.284 e. The number of carbonyl (C=O) groups is 1. The van der Waals surface area contributed by atoms with E-state index in [1.807, 2.05) is 18.2 Å². The van der Waals surface area contributed by atoms with Gasteiger partial charge in [-0.1, -0.05) is 30.3 Å². The highest BCUT2D eigenvalue weighted by Crippen LogP contribution is 2.30. The molecule has 2 aromatic carbocycles. The Hall–Kier alpha value is -2.62. The molecule has 0 unspecified atom stereocenters. The molecule has 0 saturated carbocycles. The minimum Gasteiger partial charge on any atom is -0.298 e. The molecule has 1 N–H and O–H groups in total. The first-order valence-electron chi connectivity index (χ1n) is 9.00. The molecular formula is C20H17BrN4O3S. The molecule has 1 amide bonds. The first-order valence-corrected chi connectivity index (χ1v) is 10.6. The Bertz CT molecular complexity index is 1070. The van der Waals surface area contributed by atoms with Crippen LogP contribution in [-0.4, -0.2) is 27.3 Å². The van der Waals surface area contributed by atoms with Crippen LogP contribution in [0.4, 0.5) is 10.8 Å². The SMILES string of the molecule is O=C(Nc1nc2c(s1)CN(Cc1ccccc1)CC2)c1ccc(Br)c([N+](=O)[O-])c1. The lowest BCUT2D eigenvalue weighted by Gasteiger charge is -2.25. The van der Waals surface area contributed by atoms with Gasteiger partial charge < -0.3 is 0 Å². The summed E-state index contributed by atoms with van der Waals surface area (Å²) in [6.45, 7) is 2.59. The first kappa shape index (κ1) is 19.7. The van der Waals surface area contributed by atoms with E-state index < -0.39 is 10.8 Å². The van der Waals surface area contributed by atoms with E-state index in [1.165, 1.54) is 29.0 Å². The molecule has 1 aliphatic rings. The molecule has 3 aromatic rings. The zero-order chi connectivity index (χ0) is 20.4. The maximum atomic E-state index is 12.5. The van der Waals surface area contributed by atoms with Crippen molar-refractivity contribution >= 4 is 44.0 Å².